The smallest absolute Gasteiger partial charge is 0.250 e. The molecule has 3 aromatic rings. The van der Waals surface area contributed by atoms with Crippen molar-refractivity contribution >= 4 is 33.8 Å². The fourth-order valence-corrected chi connectivity index (χ4v) is 2.81. The molecule has 0 aliphatic rings. The monoisotopic (exact) mass is 340 g/mol. The highest BCUT2D eigenvalue weighted by Crippen LogP contribution is 2.27. The average molecular weight is 340 g/mol. The number of rotatable bonds is 6. The van der Waals surface area contributed by atoms with Gasteiger partial charge in [-0.15, -0.1) is 11.3 Å². The fraction of sp³-hybridized carbons (Fsp3) is 0.118. The van der Waals surface area contributed by atoms with Crippen molar-refractivity contribution in [2.75, 3.05) is 24.4 Å². The van der Waals surface area contributed by atoms with Crippen molar-refractivity contribution in [1.29, 1.82) is 0 Å². The molecule has 7 heteroatoms. The zero-order valence-electron chi connectivity index (χ0n) is 13.0. The zero-order chi connectivity index (χ0) is 16.8. The standard InChI is InChI=1S/C17H16N4O2S/c1-23-10-16(22)19-13-2-4-14(5-3-13)20-17-21-15(11-24-17)12-6-8-18-9-7-12/h2-9,11H,10H2,1H3,(H,19,22)(H,20,21). The van der Waals surface area contributed by atoms with E-state index in [2.05, 4.69) is 20.6 Å². The van der Waals surface area contributed by atoms with Crippen LogP contribution in [0.1, 0.15) is 0 Å². The molecule has 0 fully saturated rings. The first-order valence-electron chi connectivity index (χ1n) is 7.26. The van der Waals surface area contributed by atoms with E-state index >= 15 is 0 Å². The van der Waals surface area contributed by atoms with Gasteiger partial charge in [-0.25, -0.2) is 4.98 Å². The molecule has 0 saturated heterocycles. The highest BCUT2D eigenvalue weighted by atomic mass is 32.1. The lowest BCUT2D eigenvalue weighted by Gasteiger charge is -2.06. The number of nitrogens with zero attached hydrogens (tertiary/aromatic N) is 2. The van der Waals surface area contributed by atoms with E-state index in [4.69, 9.17) is 4.74 Å². The summed E-state index contributed by atoms with van der Waals surface area (Å²) in [7, 11) is 1.49. The van der Waals surface area contributed by atoms with Crippen molar-refractivity contribution in [2.24, 2.45) is 0 Å². The number of hydrogen-bond acceptors (Lipinski definition) is 6. The summed E-state index contributed by atoms with van der Waals surface area (Å²) < 4.78 is 4.78. The van der Waals surface area contributed by atoms with E-state index in [-0.39, 0.29) is 12.5 Å². The second-order valence-electron chi connectivity index (χ2n) is 4.96. The number of hydrogen-bond donors (Lipinski definition) is 2. The number of ether oxygens (including phenoxy) is 1. The molecule has 0 spiro atoms. The molecule has 24 heavy (non-hydrogen) atoms. The number of methoxy groups -OCH3 is 1. The highest BCUT2D eigenvalue weighted by molar-refractivity contribution is 7.14. The number of carbonyl (C=O) groups is 1. The molecule has 2 N–H and O–H groups in total. The Morgan fingerprint density at radius 2 is 1.83 bits per heavy atom. The van der Waals surface area contributed by atoms with Crippen LogP contribution >= 0.6 is 11.3 Å². The summed E-state index contributed by atoms with van der Waals surface area (Å²) in [5.74, 6) is -0.180. The normalized spacial score (nSPS) is 10.4. The van der Waals surface area contributed by atoms with Gasteiger partial charge in [-0.05, 0) is 36.4 Å². The number of anilines is 3. The predicted molar refractivity (Wildman–Crippen MR) is 95.6 cm³/mol. The number of aromatic nitrogens is 2. The lowest BCUT2D eigenvalue weighted by atomic mass is 10.2. The van der Waals surface area contributed by atoms with E-state index in [0.29, 0.717) is 0 Å². The van der Waals surface area contributed by atoms with E-state index < -0.39 is 0 Å². The van der Waals surface area contributed by atoms with Crippen molar-refractivity contribution in [3.8, 4) is 11.3 Å². The molecule has 122 valence electrons. The maximum absolute atomic E-state index is 11.5. The van der Waals surface area contributed by atoms with Crippen LogP contribution in [0.15, 0.2) is 54.2 Å². The van der Waals surface area contributed by atoms with Gasteiger partial charge in [0.1, 0.15) is 6.61 Å². The van der Waals surface area contributed by atoms with Crippen LogP contribution in [0.25, 0.3) is 11.3 Å². The van der Waals surface area contributed by atoms with Crippen molar-refractivity contribution in [3.05, 3.63) is 54.2 Å². The summed E-state index contributed by atoms with van der Waals surface area (Å²) >= 11 is 1.53. The average Bonchev–Trinajstić information content (AvgIpc) is 3.06. The fourth-order valence-electron chi connectivity index (χ4n) is 2.07. The summed E-state index contributed by atoms with van der Waals surface area (Å²) in [6, 6.07) is 11.3. The summed E-state index contributed by atoms with van der Waals surface area (Å²) in [5.41, 5.74) is 3.56. The lowest BCUT2D eigenvalue weighted by Crippen LogP contribution is -2.16. The second-order valence-corrected chi connectivity index (χ2v) is 5.82. The number of benzene rings is 1. The largest absolute Gasteiger partial charge is 0.375 e. The van der Waals surface area contributed by atoms with Crippen LogP contribution in [0.2, 0.25) is 0 Å². The minimum absolute atomic E-state index is 0.0386. The van der Waals surface area contributed by atoms with Gasteiger partial charge in [0, 0.05) is 41.8 Å². The number of thiazole rings is 1. The summed E-state index contributed by atoms with van der Waals surface area (Å²) in [6.45, 7) is 0.0386. The summed E-state index contributed by atoms with van der Waals surface area (Å²) in [4.78, 5) is 20.0. The van der Waals surface area contributed by atoms with Crippen molar-refractivity contribution in [1.82, 2.24) is 9.97 Å². The Bertz CT molecular complexity index is 803. The Morgan fingerprint density at radius 1 is 1.12 bits per heavy atom. The molecular weight excluding hydrogens is 324 g/mol. The molecule has 3 rings (SSSR count). The molecule has 2 heterocycles. The van der Waals surface area contributed by atoms with E-state index in [0.717, 1.165) is 27.8 Å². The van der Waals surface area contributed by atoms with Gasteiger partial charge in [0.25, 0.3) is 0 Å². The minimum Gasteiger partial charge on any atom is -0.375 e. The maximum Gasteiger partial charge on any atom is 0.250 e. The lowest BCUT2D eigenvalue weighted by molar-refractivity contribution is -0.119. The van der Waals surface area contributed by atoms with E-state index in [9.17, 15) is 4.79 Å². The molecule has 0 aliphatic carbocycles. The zero-order valence-corrected chi connectivity index (χ0v) is 13.8. The number of amides is 1. The van der Waals surface area contributed by atoms with Gasteiger partial charge in [-0.1, -0.05) is 0 Å². The minimum atomic E-state index is -0.180. The Labute approximate surface area is 143 Å². The van der Waals surface area contributed by atoms with Crippen LogP contribution in [0.4, 0.5) is 16.5 Å². The highest BCUT2D eigenvalue weighted by Gasteiger charge is 2.05. The molecule has 0 atom stereocenters. The van der Waals surface area contributed by atoms with Gasteiger partial charge in [0.15, 0.2) is 5.13 Å². The molecule has 6 nitrogen and oxygen atoms in total. The SMILES string of the molecule is COCC(=O)Nc1ccc(Nc2nc(-c3ccncc3)cs2)cc1. The molecule has 2 aromatic heterocycles. The number of carbonyl (C=O) groups excluding carboxylic acids is 1. The van der Waals surface area contributed by atoms with Gasteiger partial charge in [-0.3, -0.25) is 9.78 Å². The first kappa shape index (κ1) is 16.1. The first-order chi connectivity index (χ1) is 11.7. The van der Waals surface area contributed by atoms with Crippen molar-refractivity contribution in [3.63, 3.8) is 0 Å². The van der Waals surface area contributed by atoms with Gasteiger partial charge < -0.3 is 15.4 Å². The first-order valence-corrected chi connectivity index (χ1v) is 8.14. The predicted octanol–water partition coefficient (Wildman–Crippen LogP) is 3.53. The molecule has 1 aromatic carbocycles. The van der Waals surface area contributed by atoms with Crippen molar-refractivity contribution in [2.45, 2.75) is 0 Å². The molecule has 0 saturated carbocycles. The molecule has 1 amide bonds. The van der Waals surface area contributed by atoms with Gasteiger partial charge in [0.2, 0.25) is 5.91 Å². The van der Waals surface area contributed by atoms with Crippen LogP contribution < -0.4 is 10.6 Å². The molecule has 0 unspecified atom stereocenters. The number of pyridine rings is 1. The van der Waals surface area contributed by atoms with E-state index in [1.807, 2.05) is 41.8 Å². The summed E-state index contributed by atoms with van der Waals surface area (Å²) in [5, 5.41) is 8.80. The summed E-state index contributed by atoms with van der Waals surface area (Å²) in [6.07, 6.45) is 3.50. The molecule has 0 bridgehead atoms. The quantitative estimate of drug-likeness (QED) is 0.718. The van der Waals surface area contributed by atoms with Crippen LogP contribution in [-0.2, 0) is 9.53 Å². The topological polar surface area (TPSA) is 76.1 Å². The Morgan fingerprint density at radius 3 is 2.54 bits per heavy atom. The van der Waals surface area contributed by atoms with Crippen LogP contribution in [-0.4, -0.2) is 29.6 Å². The van der Waals surface area contributed by atoms with Gasteiger partial charge in [0.05, 0.1) is 5.69 Å². The molecule has 0 aliphatic heterocycles. The third-order valence-corrected chi connectivity index (χ3v) is 3.93. The van der Waals surface area contributed by atoms with E-state index in [1.165, 1.54) is 18.4 Å². The number of nitrogens with one attached hydrogen (secondary N) is 2. The third kappa shape index (κ3) is 4.15. The second kappa shape index (κ2) is 7.67. The van der Waals surface area contributed by atoms with Gasteiger partial charge >= 0.3 is 0 Å². The van der Waals surface area contributed by atoms with Crippen LogP contribution in [0, 0.1) is 0 Å². The van der Waals surface area contributed by atoms with Gasteiger partial charge in [-0.2, -0.15) is 0 Å². The van der Waals surface area contributed by atoms with Crippen LogP contribution in [0.3, 0.4) is 0 Å². The van der Waals surface area contributed by atoms with Crippen LogP contribution in [0.5, 0.6) is 0 Å². The van der Waals surface area contributed by atoms with Crippen molar-refractivity contribution < 1.29 is 9.53 Å². The van der Waals surface area contributed by atoms with E-state index in [1.54, 1.807) is 12.4 Å². The maximum atomic E-state index is 11.5. The third-order valence-electron chi connectivity index (χ3n) is 3.18. The Kier molecular flexibility index (Phi) is 5.15. The Balaban J connectivity index is 1.64. The molecular formula is C17H16N4O2S. The Hall–Kier alpha value is -2.77. The molecule has 0 radical (unpaired) electrons.